The van der Waals surface area contributed by atoms with Crippen molar-refractivity contribution in [3.63, 3.8) is 0 Å². The minimum absolute atomic E-state index is 0.309. The number of pyridine rings is 1. The average Bonchev–Trinajstić information content (AvgIpc) is 2.42. The Bertz CT molecular complexity index is 634. The van der Waals surface area contributed by atoms with Gasteiger partial charge in [-0.15, -0.1) is 0 Å². The Morgan fingerprint density at radius 2 is 2.15 bits per heavy atom. The lowest BCUT2D eigenvalue weighted by atomic mass is 10.2. The number of benzene rings is 1. The van der Waals surface area contributed by atoms with Gasteiger partial charge in [-0.3, -0.25) is 9.78 Å². The van der Waals surface area contributed by atoms with Gasteiger partial charge in [-0.1, -0.05) is 0 Å². The molecule has 2 N–H and O–H groups in total. The number of amides is 1. The van der Waals surface area contributed by atoms with E-state index in [1.165, 1.54) is 18.2 Å². The summed E-state index contributed by atoms with van der Waals surface area (Å²) in [5, 5.41) is 5.83. The fourth-order valence-electron chi connectivity index (χ4n) is 1.65. The molecule has 0 radical (unpaired) electrons. The molecule has 2 aromatic rings. The van der Waals surface area contributed by atoms with Gasteiger partial charge in [0, 0.05) is 22.0 Å². The summed E-state index contributed by atoms with van der Waals surface area (Å²) < 4.78 is 13.6. The Kier molecular flexibility index (Phi) is 4.89. The smallest absolute Gasteiger partial charge is 0.274 e. The Hall–Kier alpha value is -1.70. The van der Waals surface area contributed by atoms with E-state index in [1.54, 1.807) is 18.3 Å². The van der Waals surface area contributed by atoms with Crippen LogP contribution in [-0.2, 0) is 0 Å². The summed E-state index contributed by atoms with van der Waals surface area (Å²) in [4.78, 5) is 16.1. The minimum atomic E-state index is -0.334. The topological polar surface area (TPSA) is 54.0 Å². The van der Waals surface area contributed by atoms with Crippen molar-refractivity contribution >= 4 is 39.9 Å². The van der Waals surface area contributed by atoms with Gasteiger partial charge < -0.3 is 10.6 Å². The minimum Gasteiger partial charge on any atom is -0.385 e. The number of hydrogen-bond acceptors (Lipinski definition) is 3. The number of carbonyl (C=O) groups is 1. The Labute approximate surface area is 129 Å². The van der Waals surface area contributed by atoms with Crippen LogP contribution in [0.1, 0.15) is 17.4 Å². The summed E-state index contributed by atoms with van der Waals surface area (Å²) in [6, 6.07) is 7.67. The molecule has 0 aliphatic carbocycles. The fraction of sp³-hybridized carbons (Fsp3) is 0.143. The lowest BCUT2D eigenvalue weighted by molar-refractivity contribution is 0.102. The van der Waals surface area contributed by atoms with Crippen molar-refractivity contribution in [1.29, 1.82) is 0 Å². The number of halogens is 2. The van der Waals surface area contributed by atoms with E-state index < -0.39 is 0 Å². The van der Waals surface area contributed by atoms with Gasteiger partial charge in [-0.05, 0) is 59.8 Å². The standard InChI is InChI=1S/C14H13FIN3O/c1-2-17-10-5-6-18-13(8-10)14(20)19-12-4-3-9(15)7-11(12)16/h3-8H,2H2,1H3,(H,17,18)(H,19,20). The highest BCUT2D eigenvalue weighted by atomic mass is 127. The van der Waals surface area contributed by atoms with Gasteiger partial charge in [0.05, 0.1) is 5.69 Å². The fourth-order valence-corrected chi connectivity index (χ4v) is 2.26. The first-order valence-corrected chi connectivity index (χ1v) is 7.14. The zero-order chi connectivity index (χ0) is 14.5. The zero-order valence-corrected chi connectivity index (χ0v) is 12.9. The van der Waals surface area contributed by atoms with Crippen molar-refractivity contribution in [2.24, 2.45) is 0 Å². The average molecular weight is 385 g/mol. The third-order valence-corrected chi connectivity index (χ3v) is 3.45. The highest BCUT2D eigenvalue weighted by Gasteiger charge is 2.10. The molecular formula is C14H13FIN3O. The van der Waals surface area contributed by atoms with E-state index in [2.05, 4.69) is 15.6 Å². The monoisotopic (exact) mass is 385 g/mol. The van der Waals surface area contributed by atoms with Gasteiger partial charge in [0.25, 0.3) is 5.91 Å². The van der Waals surface area contributed by atoms with Crippen LogP contribution >= 0.6 is 22.6 Å². The maximum atomic E-state index is 13.0. The summed E-state index contributed by atoms with van der Waals surface area (Å²) >= 11 is 1.97. The molecule has 1 heterocycles. The van der Waals surface area contributed by atoms with E-state index in [9.17, 15) is 9.18 Å². The number of nitrogens with zero attached hydrogens (tertiary/aromatic N) is 1. The molecule has 104 valence electrons. The summed E-state index contributed by atoms with van der Waals surface area (Å²) in [5.41, 5.74) is 1.71. The molecule has 0 saturated carbocycles. The van der Waals surface area contributed by atoms with Crippen LogP contribution < -0.4 is 10.6 Å². The van der Waals surface area contributed by atoms with Crippen LogP contribution in [0.3, 0.4) is 0 Å². The third kappa shape index (κ3) is 3.66. The molecule has 0 spiro atoms. The third-order valence-electron chi connectivity index (χ3n) is 2.55. The molecule has 1 aromatic carbocycles. The maximum absolute atomic E-state index is 13.0. The predicted octanol–water partition coefficient (Wildman–Crippen LogP) is 3.51. The lowest BCUT2D eigenvalue weighted by Crippen LogP contribution is -2.15. The summed E-state index contributed by atoms with van der Waals surface area (Å²) in [5.74, 6) is -0.658. The Morgan fingerprint density at radius 1 is 1.35 bits per heavy atom. The molecular weight excluding hydrogens is 372 g/mol. The molecule has 1 aromatic heterocycles. The SMILES string of the molecule is CCNc1ccnc(C(=O)Nc2ccc(F)cc2I)c1. The second-order valence-corrected chi connectivity index (χ2v) is 5.20. The zero-order valence-electron chi connectivity index (χ0n) is 10.8. The quantitative estimate of drug-likeness (QED) is 0.793. The largest absolute Gasteiger partial charge is 0.385 e. The van der Waals surface area contributed by atoms with E-state index in [0.717, 1.165) is 12.2 Å². The van der Waals surface area contributed by atoms with E-state index in [4.69, 9.17) is 0 Å². The second kappa shape index (κ2) is 6.65. The van der Waals surface area contributed by atoms with Gasteiger partial charge in [-0.2, -0.15) is 0 Å². The first-order valence-electron chi connectivity index (χ1n) is 6.06. The number of rotatable bonds is 4. The van der Waals surface area contributed by atoms with E-state index >= 15 is 0 Å². The maximum Gasteiger partial charge on any atom is 0.274 e. The van der Waals surface area contributed by atoms with E-state index in [-0.39, 0.29) is 11.7 Å². The summed E-state index contributed by atoms with van der Waals surface area (Å²) in [7, 11) is 0. The summed E-state index contributed by atoms with van der Waals surface area (Å²) in [6.45, 7) is 2.74. The van der Waals surface area contributed by atoms with Crippen LogP contribution in [0.25, 0.3) is 0 Å². The van der Waals surface area contributed by atoms with E-state index in [0.29, 0.717) is 15.0 Å². The molecule has 0 fully saturated rings. The van der Waals surface area contributed by atoms with Crippen LogP contribution in [-0.4, -0.2) is 17.4 Å². The van der Waals surface area contributed by atoms with Gasteiger partial charge in [0.1, 0.15) is 11.5 Å². The molecule has 6 heteroatoms. The highest BCUT2D eigenvalue weighted by Crippen LogP contribution is 2.20. The highest BCUT2D eigenvalue weighted by molar-refractivity contribution is 14.1. The van der Waals surface area contributed by atoms with E-state index in [1.807, 2.05) is 29.5 Å². The van der Waals surface area contributed by atoms with Crippen molar-refractivity contribution in [2.75, 3.05) is 17.2 Å². The Balaban J connectivity index is 2.17. The first kappa shape index (κ1) is 14.7. The molecule has 0 saturated heterocycles. The van der Waals surface area contributed by atoms with Gasteiger partial charge in [-0.25, -0.2) is 4.39 Å². The first-order chi connectivity index (χ1) is 9.60. The van der Waals surface area contributed by atoms with Crippen molar-refractivity contribution in [1.82, 2.24) is 4.98 Å². The van der Waals surface area contributed by atoms with Crippen LogP contribution in [0, 0.1) is 9.39 Å². The predicted molar refractivity (Wildman–Crippen MR) is 85.5 cm³/mol. The Morgan fingerprint density at radius 3 is 2.85 bits per heavy atom. The summed E-state index contributed by atoms with van der Waals surface area (Å²) in [6.07, 6.45) is 1.57. The van der Waals surface area contributed by atoms with Crippen LogP contribution in [0.4, 0.5) is 15.8 Å². The molecule has 4 nitrogen and oxygen atoms in total. The van der Waals surface area contributed by atoms with Crippen molar-refractivity contribution in [3.8, 4) is 0 Å². The van der Waals surface area contributed by atoms with Crippen molar-refractivity contribution in [3.05, 3.63) is 51.6 Å². The molecule has 0 aliphatic rings. The molecule has 0 atom stereocenters. The number of nitrogens with one attached hydrogen (secondary N) is 2. The van der Waals surface area contributed by atoms with Gasteiger partial charge in [0.15, 0.2) is 0 Å². The molecule has 0 unspecified atom stereocenters. The second-order valence-electron chi connectivity index (χ2n) is 4.04. The number of anilines is 2. The van der Waals surface area contributed by atoms with Crippen LogP contribution in [0.2, 0.25) is 0 Å². The molecule has 0 bridgehead atoms. The van der Waals surface area contributed by atoms with Crippen molar-refractivity contribution in [2.45, 2.75) is 6.92 Å². The van der Waals surface area contributed by atoms with Gasteiger partial charge in [0.2, 0.25) is 0 Å². The number of carbonyl (C=O) groups excluding carboxylic acids is 1. The van der Waals surface area contributed by atoms with Gasteiger partial charge >= 0.3 is 0 Å². The molecule has 1 amide bonds. The van der Waals surface area contributed by atoms with Crippen LogP contribution in [0.5, 0.6) is 0 Å². The van der Waals surface area contributed by atoms with Crippen molar-refractivity contribution < 1.29 is 9.18 Å². The van der Waals surface area contributed by atoms with Crippen LogP contribution in [0.15, 0.2) is 36.5 Å². The molecule has 0 aliphatic heterocycles. The number of hydrogen-bond donors (Lipinski definition) is 2. The molecule has 20 heavy (non-hydrogen) atoms. The number of aromatic nitrogens is 1. The molecule has 2 rings (SSSR count). The normalized spacial score (nSPS) is 10.2. The lowest BCUT2D eigenvalue weighted by Gasteiger charge is -2.08.